The average Bonchev–Trinajstić information content (AvgIpc) is 2.33. The van der Waals surface area contributed by atoms with Crippen LogP contribution < -0.4 is 11.2 Å². The van der Waals surface area contributed by atoms with Gasteiger partial charge in [-0.15, -0.1) is 5.10 Å². The Bertz CT molecular complexity index is 767. The number of nitrogens with zero attached hydrogens (tertiary/aromatic N) is 3. The lowest BCUT2D eigenvalue weighted by Gasteiger charge is -2.05. The fourth-order valence-electron chi connectivity index (χ4n) is 1.42. The van der Waals surface area contributed by atoms with Gasteiger partial charge in [0.25, 0.3) is 5.56 Å². The van der Waals surface area contributed by atoms with Crippen LogP contribution in [0.15, 0.2) is 27.8 Å². The van der Waals surface area contributed by atoms with Crippen LogP contribution >= 0.6 is 0 Å². The van der Waals surface area contributed by atoms with Crippen LogP contribution in [-0.2, 0) is 0 Å². The Kier molecular flexibility index (Phi) is 2.69. The van der Waals surface area contributed by atoms with Crippen molar-refractivity contribution in [3.8, 4) is 17.5 Å². The average molecular weight is 244 g/mol. The maximum absolute atomic E-state index is 11.6. The number of hydrogen-bond donors (Lipinski definition) is 2. The van der Waals surface area contributed by atoms with Crippen LogP contribution in [0.3, 0.4) is 0 Å². The Morgan fingerprint density at radius 1 is 1.44 bits per heavy atom. The lowest BCUT2D eigenvalue weighted by molar-refractivity contribution is 0.471. The first-order chi connectivity index (χ1) is 8.52. The Morgan fingerprint density at radius 2 is 2.17 bits per heavy atom. The van der Waals surface area contributed by atoms with Crippen molar-refractivity contribution in [2.75, 3.05) is 0 Å². The Labute approximate surface area is 101 Å². The lowest BCUT2D eigenvalue weighted by Crippen LogP contribution is -2.33. The quantitative estimate of drug-likeness (QED) is 0.721. The van der Waals surface area contributed by atoms with E-state index in [-0.39, 0.29) is 5.75 Å². The van der Waals surface area contributed by atoms with Gasteiger partial charge >= 0.3 is 5.69 Å². The van der Waals surface area contributed by atoms with Gasteiger partial charge < -0.3 is 5.11 Å². The molecule has 7 nitrogen and oxygen atoms in total. The molecule has 0 aliphatic heterocycles. The molecule has 0 saturated carbocycles. The summed E-state index contributed by atoms with van der Waals surface area (Å²) in [6.45, 7) is 1.65. The Morgan fingerprint density at radius 3 is 2.78 bits per heavy atom. The molecule has 0 spiro atoms. The van der Waals surface area contributed by atoms with Gasteiger partial charge in [0.2, 0.25) is 5.69 Å². The number of phenols is 1. The van der Waals surface area contributed by atoms with Gasteiger partial charge in [0.15, 0.2) is 0 Å². The van der Waals surface area contributed by atoms with E-state index >= 15 is 0 Å². The number of nitriles is 1. The highest BCUT2D eigenvalue weighted by Crippen LogP contribution is 2.17. The summed E-state index contributed by atoms with van der Waals surface area (Å²) >= 11 is 0. The Balaban J connectivity index is 2.72. The third-order valence-corrected chi connectivity index (χ3v) is 2.36. The van der Waals surface area contributed by atoms with Crippen molar-refractivity contribution in [2.24, 2.45) is 0 Å². The highest BCUT2D eigenvalue weighted by molar-refractivity contribution is 5.42. The minimum atomic E-state index is -0.825. The molecule has 2 aromatic rings. The van der Waals surface area contributed by atoms with Crippen LogP contribution in [0.25, 0.3) is 5.69 Å². The first-order valence-corrected chi connectivity index (χ1v) is 4.96. The first kappa shape index (κ1) is 11.6. The molecule has 7 heteroatoms. The van der Waals surface area contributed by atoms with E-state index in [0.717, 1.165) is 4.68 Å². The van der Waals surface area contributed by atoms with E-state index in [1.54, 1.807) is 13.0 Å². The highest BCUT2D eigenvalue weighted by Gasteiger charge is 2.08. The number of phenolic OH excluding ortho intramolecular Hbond substituents is 1. The van der Waals surface area contributed by atoms with E-state index in [1.807, 2.05) is 4.98 Å². The number of rotatable bonds is 1. The van der Waals surface area contributed by atoms with Crippen LogP contribution in [0.2, 0.25) is 0 Å². The lowest BCUT2D eigenvalue weighted by atomic mass is 10.2. The van der Waals surface area contributed by atoms with Crippen molar-refractivity contribution in [1.29, 1.82) is 5.26 Å². The molecule has 0 atom stereocenters. The number of aryl methyl sites for hydroxylation is 1. The summed E-state index contributed by atoms with van der Waals surface area (Å²) in [6, 6.07) is 5.97. The molecule has 0 radical (unpaired) electrons. The largest absolute Gasteiger partial charge is 0.508 e. The minimum absolute atomic E-state index is 0.0803. The van der Waals surface area contributed by atoms with Crippen molar-refractivity contribution >= 4 is 0 Å². The summed E-state index contributed by atoms with van der Waals surface area (Å²) in [6.07, 6.45) is 0. The summed E-state index contributed by atoms with van der Waals surface area (Å²) in [7, 11) is 0. The number of aromatic nitrogens is 3. The van der Waals surface area contributed by atoms with E-state index < -0.39 is 16.9 Å². The third kappa shape index (κ3) is 1.87. The molecular formula is C11H8N4O3. The topological polar surface area (TPSA) is 112 Å². The van der Waals surface area contributed by atoms with E-state index in [0.29, 0.717) is 11.3 Å². The standard InChI is InChI=1S/C11H8N4O3/c1-6-4-7(2-3-9(6)16)15-11(18)13-10(17)8(5-12)14-15/h2-4,16H,1H3,(H,13,17,18). The third-order valence-electron chi connectivity index (χ3n) is 2.36. The molecular weight excluding hydrogens is 236 g/mol. The predicted molar refractivity (Wildman–Crippen MR) is 61.6 cm³/mol. The van der Waals surface area contributed by atoms with Gasteiger partial charge in [-0.3, -0.25) is 9.78 Å². The zero-order valence-corrected chi connectivity index (χ0v) is 9.34. The molecule has 1 aromatic heterocycles. The summed E-state index contributed by atoms with van der Waals surface area (Å²) in [5.74, 6) is 0.0803. The maximum Gasteiger partial charge on any atom is 0.349 e. The second-order valence-electron chi connectivity index (χ2n) is 3.60. The van der Waals surface area contributed by atoms with Gasteiger partial charge in [-0.25, -0.2) is 4.79 Å². The molecule has 2 N–H and O–H groups in total. The number of benzene rings is 1. The molecule has 0 aliphatic carbocycles. The summed E-state index contributed by atoms with van der Waals surface area (Å²) in [5.41, 5.74) is -1.08. The van der Waals surface area contributed by atoms with Gasteiger partial charge in [-0.1, -0.05) is 0 Å². The monoisotopic (exact) mass is 244 g/mol. The second kappa shape index (κ2) is 4.18. The number of H-pyrrole nitrogens is 1. The van der Waals surface area contributed by atoms with Crippen LogP contribution in [0.4, 0.5) is 0 Å². The van der Waals surface area contributed by atoms with Gasteiger partial charge in [-0.2, -0.15) is 9.94 Å². The smallest absolute Gasteiger partial charge is 0.349 e. The molecule has 0 aliphatic rings. The van der Waals surface area contributed by atoms with Crippen molar-refractivity contribution in [2.45, 2.75) is 6.92 Å². The number of aromatic hydroxyl groups is 1. The molecule has 18 heavy (non-hydrogen) atoms. The Hall–Kier alpha value is -2.88. The van der Waals surface area contributed by atoms with E-state index in [1.165, 1.54) is 18.2 Å². The summed E-state index contributed by atoms with van der Waals surface area (Å²) in [4.78, 5) is 24.8. The molecule has 1 heterocycles. The van der Waals surface area contributed by atoms with E-state index in [4.69, 9.17) is 5.26 Å². The molecule has 1 aromatic carbocycles. The number of aromatic amines is 1. The molecule has 90 valence electrons. The van der Waals surface area contributed by atoms with E-state index in [9.17, 15) is 14.7 Å². The molecule has 0 saturated heterocycles. The SMILES string of the molecule is Cc1cc(-n2nc(C#N)c(=O)[nH]c2=O)ccc1O. The summed E-state index contributed by atoms with van der Waals surface area (Å²) in [5, 5.41) is 21.7. The minimum Gasteiger partial charge on any atom is -0.508 e. The normalized spacial score (nSPS) is 10.0. The highest BCUT2D eigenvalue weighted by atomic mass is 16.3. The molecule has 0 amide bonds. The maximum atomic E-state index is 11.6. The van der Waals surface area contributed by atoms with Crippen LogP contribution in [-0.4, -0.2) is 19.9 Å². The zero-order chi connectivity index (χ0) is 13.3. The molecule has 2 rings (SSSR count). The van der Waals surface area contributed by atoms with Crippen LogP contribution in [0.5, 0.6) is 5.75 Å². The van der Waals surface area contributed by atoms with Crippen molar-refractivity contribution in [3.05, 3.63) is 50.3 Å². The van der Waals surface area contributed by atoms with E-state index in [2.05, 4.69) is 5.10 Å². The molecule has 0 fully saturated rings. The van der Waals surface area contributed by atoms with Gasteiger partial charge in [0, 0.05) is 0 Å². The number of nitrogens with one attached hydrogen (secondary N) is 1. The van der Waals surface area contributed by atoms with Crippen molar-refractivity contribution < 1.29 is 5.11 Å². The molecule has 0 unspecified atom stereocenters. The number of hydrogen-bond acceptors (Lipinski definition) is 5. The second-order valence-corrected chi connectivity index (χ2v) is 3.60. The first-order valence-electron chi connectivity index (χ1n) is 4.96. The fourth-order valence-corrected chi connectivity index (χ4v) is 1.42. The fraction of sp³-hybridized carbons (Fsp3) is 0.0909. The van der Waals surface area contributed by atoms with Crippen molar-refractivity contribution in [3.63, 3.8) is 0 Å². The zero-order valence-electron chi connectivity index (χ0n) is 9.34. The predicted octanol–water partition coefficient (Wildman–Crippen LogP) is -0.194. The van der Waals surface area contributed by atoms with Gasteiger partial charge in [0.05, 0.1) is 5.69 Å². The van der Waals surface area contributed by atoms with Crippen LogP contribution in [0.1, 0.15) is 11.3 Å². The van der Waals surface area contributed by atoms with Gasteiger partial charge in [-0.05, 0) is 30.7 Å². The summed E-state index contributed by atoms with van der Waals surface area (Å²) < 4.78 is 0.895. The van der Waals surface area contributed by atoms with Gasteiger partial charge in [0.1, 0.15) is 11.8 Å². The van der Waals surface area contributed by atoms with Crippen LogP contribution in [0, 0.1) is 18.3 Å². The van der Waals surface area contributed by atoms with Crippen molar-refractivity contribution in [1.82, 2.24) is 14.8 Å². The molecule has 0 bridgehead atoms.